The van der Waals surface area contributed by atoms with E-state index in [4.69, 9.17) is 10.1 Å². The molecule has 0 aliphatic carbocycles. The summed E-state index contributed by atoms with van der Waals surface area (Å²) in [6.45, 7) is 1.80. The third-order valence-electron chi connectivity index (χ3n) is 3.69. The lowest BCUT2D eigenvalue weighted by atomic mass is 10.1. The number of benzene rings is 1. The van der Waals surface area contributed by atoms with E-state index in [9.17, 15) is 9.18 Å². The minimum Gasteiger partial charge on any atom is -0.450 e. The van der Waals surface area contributed by atoms with E-state index in [0.717, 1.165) is 6.21 Å². The van der Waals surface area contributed by atoms with Crippen LogP contribution in [0.15, 0.2) is 52.5 Å². The Morgan fingerprint density at radius 2 is 2.23 bits per heavy atom. The predicted octanol–water partition coefficient (Wildman–Crippen LogP) is 2.69. The molecule has 0 fully saturated rings. The second kappa shape index (κ2) is 7.64. The topological polar surface area (TPSA) is 104 Å². The van der Waals surface area contributed by atoms with Crippen molar-refractivity contribution in [3.05, 3.63) is 64.5 Å². The number of aromatic amines is 1. The van der Waals surface area contributed by atoms with Gasteiger partial charge < -0.3 is 10.1 Å². The van der Waals surface area contributed by atoms with Crippen LogP contribution in [0.2, 0.25) is 0 Å². The summed E-state index contributed by atoms with van der Waals surface area (Å²) in [4.78, 5) is 26.9. The average molecular weight is 353 g/mol. The van der Waals surface area contributed by atoms with Crippen molar-refractivity contribution in [1.29, 1.82) is 5.41 Å². The molecule has 0 spiro atoms. The highest BCUT2D eigenvalue weighted by Gasteiger charge is 2.10. The summed E-state index contributed by atoms with van der Waals surface area (Å²) >= 11 is 0. The van der Waals surface area contributed by atoms with E-state index in [-0.39, 0.29) is 23.4 Å². The summed E-state index contributed by atoms with van der Waals surface area (Å²) < 4.78 is 18.8. The van der Waals surface area contributed by atoms with Crippen LogP contribution < -0.4 is 10.3 Å². The van der Waals surface area contributed by atoms with E-state index in [0.29, 0.717) is 16.5 Å². The van der Waals surface area contributed by atoms with Gasteiger partial charge in [0.2, 0.25) is 0 Å². The SMILES string of the molecule is CC(N=CC(C=N)Oc1nc2cnccc2c(=O)[nH]1)c1cccc(F)c1. The van der Waals surface area contributed by atoms with Crippen LogP contribution in [0.5, 0.6) is 6.01 Å². The van der Waals surface area contributed by atoms with Crippen LogP contribution in [0.1, 0.15) is 18.5 Å². The van der Waals surface area contributed by atoms with Gasteiger partial charge in [0, 0.05) is 18.6 Å². The number of aliphatic imine (C=N–C) groups is 1. The van der Waals surface area contributed by atoms with Crippen molar-refractivity contribution < 1.29 is 9.13 Å². The minimum absolute atomic E-state index is 0.0335. The maximum atomic E-state index is 13.3. The molecule has 0 aliphatic heterocycles. The summed E-state index contributed by atoms with van der Waals surface area (Å²) in [6.07, 6.45) is 4.56. The zero-order chi connectivity index (χ0) is 18.5. The average Bonchev–Trinajstić information content (AvgIpc) is 2.65. The highest BCUT2D eigenvalue weighted by Crippen LogP contribution is 2.17. The number of pyridine rings is 1. The van der Waals surface area contributed by atoms with Crippen LogP contribution in [0, 0.1) is 11.2 Å². The van der Waals surface area contributed by atoms with Crippen LogP contribution >= 0.6 is 0 Å². The van der Waals surface area contributed by atoms with Crippen molar-refractivity contribution in [1.82, 2.24) is 15.0 Å². The molecule has 132 valence electrons. The summed E-state index contributed by atoms with van der Waals surface area (Å²) in [5, 5.41) is 7.87. The molecule has 0 aliphatic rings. The number of H-pyrrole nitrogens is 1. The molecule has 2 N–H and O–H groups in total. The summed E-state index contributed by atoms with van der Waals surface area (Å²) in [6, 6.07) is 7.34. The second-order valence-electron chi connectivity index (χ2n) is 5.54. The van der Waals surface area contributed by atoms with Crippen molar-refractivity contribution in [3.63, 3.8) is 0 Å². The summed E-state index contributed by atoms with van der Waals surface area (Å²) in [7, 11) is 0. The maximum Gasteiger partial charge on any atom is 0.298 e. The molecule has 7 nitrogen and oxygen atoms in total. The van der Waals surface area contributed by atoms with E-state index >= 15 is 0 Å². The van der Waals surface area contributed by atoms with Crippen LogP contribution in [-0.4, -0.2) is 33.5 Å². The zero-order valence-corrected chi connectivity index (χ0v) is 13.9. The fourth-order valence-corrected chi connectivity index (χ4v) is 2.33. The Bertz CT molecular complexity index is 1020. The van der Waals surface area contributed by atoms with Gasteiger partial charge in [-0.05, 0) is 30.7 Å². The van der Waals surface area contributed by atoms with Gasteiger partial charge in [-0.1, -0.05) is 12.1 Å². The van der Waals surface area contributed by atoms with Crippen molar-refractivity contribution >= 4 is 23.3 Å². The standard InChI is InChI=1S/C18H16FN5O2/c1-11(12-3-2-4-13(19)7-12)22-9-14(8-20)26-18-23-16-10-21-6-5-15(16)17(25)24-18/h2-11,14,20H,1H3,(H,23,24,25). The van der Waals surface area contributed by atoms with E-state index in [1.54, 1.807) is 25.1 Å². The van der Waals surface area contributed by atoms with Gasteiger partial charge in [-0.3, -0.25) is 19.8 Å². The van der Waals surface area contributed by atoms with Crippen molar-refractivity contribution in [3.8, 4) is 6.01 Å². The summed E-state index contributed by atoms with van der Waals surface area (Å²) in [5.41, 5.74) is 0.731. The van der Waals surface area contributed by atoms with Gasteiger partial charge in [0.25, 0.3) is 11.6 Å². The molecule has 0 amide bonds. The van der Waals surface area contributed by atoms with Crippen molar-refractivity contribution in [2.45, 2.75) is 19.1 Å². The number of aromatic nitrogens is 3. The zero-order valence-electron chi connectivity index (χ0n) is 13.9. The Morgan fingerprint density at radius 3 is 3.00 bits per heavy atom. The molecule has 2 aromatic heterocycles. The van der Waals surface area contributed by atoms with E-state index in [1.165, 1.54) is 30.7 Å². The predicted molar refractivity (Wildman–Crippen MR) is 96.7 cm³/mol. The monoisotopic (exact) mass is 353 g/mol. The highest BCUT2D eigenvalue weighted by molar-refractivity contribution is 5.85. The van der Waals surface area contributed by atoms with E-state index < -0.39 is 6.10 Å². The Balaban J connectivity index is 1.77. The van der Waals surface area contributed by atoms with Gasteiger partial charge in [0.05, 0.1) is 23.1 Å². The number of fused-ring (bicyclic) bond motifs is 1. The molecule has 8 heteroatoms. The van der Waals surface area contributed by atoms with E-state index in [1.807, 2.05) is 0 Å². The smallest absolute Gasteiger partial charge is 0.298 e. The maximum absolute atomic E-state index is 13.3. The molecule has 2 atom stereocenters. The van der Waals surface area contributed by atoms with Gasteiger partial charge in [-0.15, -0.1) is 0 Å². The molecular weight excluding hydrogens is 337 g/mol. The van der Waals surface area contributed by atoms with Crippen molar-refractivity contribution in [2.24, 2.45) is 4.99 Å². The number of nitrogens with zero attached hydrogens (tertiary/aromatic N) is 3. The van der Waals surface area contributed by atoms with Crippen LogP contribution in [0.3, 0.4) is 0 Å². The molecule has 3 rings (SSSR count). The van der Waals surface area contributed by atoms with Gasteiger partial charge in [-0.2, -0.15) is 4.98 Å². The number of hydrogen-bond donors (Lipinski definition) is 2. The minimum atomic E-state index is -0.830. The number of nitrogens with one attached hydrogen (secondary N) is 2. The van der Waals surface area contributed by atoms with E-state index in [2.05, 4.69) is 19.9 Å². The fourth-order valence-electron chi connectivity index (χ4n) is 2.33. The van der Waals surface area contributed by atoms with Gasteiger partial charge in [-0.25, -0.2) is 4.39 Å². The van der Waals surface area contributed by atoms with Gasteiger partial charge in [0.15, 0.2) is 6.10 Å². The van der Waals surface area contributed by atoms with Gasteiger partial charge >= 0.3 is 0 Å². The molecule has 26 heavy (non-hydrogen) atoms. The third kappa shape index (κ3) is 3.97. The molecule has 0 radical (unpaired) electrons. The number of hydrogen-bond acceptors (Lipinski definition) is 6. The Morgan fingerprint density at radius 1 is 1.38 bits per heavy atom. The molecule has 0 saturated heterocycles. The first-order valence-electron chi connectivity index (χ1n) is 7.87. The van der Waals surface area contributed by atoms with Crippen LogP contribution in [-0.2, 0) is 0 Å². The molecule has 3 aromatic rings. The molecule has 0 saturated carbocycles. The molecule has 0 bridgehead atoms. The molecule has 2 heterocycles. The Kier molecular flexibility index (Phi) is 5.12. The number of halogens is 1. The third-order valence-corrected chi connectivity index (χ3v) is 3.69. The largest absolute Gasteiger partial charge is 0.450 e. The first kappa shape index (κ1) is 17.4. The van der Waals surface area contributed by atoms with Crippen LogP contribution in [0.4, 0.5) is 4.39 Å². The fraction of sp³-hybridized carbons (Fsp3) is 0.167. The van der Waals surface area contributed by atoms with Crippen molar-refractivity contribution in [2.75, 3.05) is 0 Å². The lowest BCUT2D eigenvalue weighted by molar-refractivity contribution is 0.308. The highest BCUT2D eigenvalue weighted by atomic mass is 19.1. The lowest BCUT2D eigenvalue weighted by Gasteiger charge is -2.11. The first-order valence-corrected chi connectivity index (χ1v) is 7.87. The first-order chi connectivity index (χ1) is 12.6. The molecular formula is C18H16FN5O2. The summed E-state index contributed by atoms with van der Waals surface area (Å²) in [5.74, 6) is -0.337. The molecule has 1 aromatic carbocycles. The Labute approximate surface area is 148 Å². The normalized spacial score (nSPS) is 13.6. The second-order valence-corrected chi connectivity index (χ2v) is 5.54. The number of rotatable bonds is 6. The quantitative estimate of drug-likeness (QED) is 0.665. The Hall–Kier alpha value is -3.42. The van der Waals surface area contributed by atoms with Crippen LogP contribution in [0.25, 0.3) is 10.9 Å². The van der Waals surface area contributed by atoms with Gasteiger partial charge in [0.1, 0.15) is 5.82 Å². The lowest BCUT2D eigenvalue weighted by Crippen LogP contribution is -2.23. The number of ether oxygens (including phenoxy) is 1. The molecule has 2 unspecified atom stereocenters.